The third kappa shape index (κ3) is 3.69. The van der Waals surface area contributed by atoms with Gasteiger partial charge in [0.05, 0.1) is 6.04 Å². The maximum Gasteiger partial charge on any atom is 0.237 e. The third-order valence-corrected chi connectivity index (χ3v) is 3.64. The molecule has 1 amide bonds. The summed E-state index contributed by atoms with van der Waals surface area (Å²) in [5.74, 6) is 0.0735. The minimum absolute atomic E-state index is 0.0694. The van der Waals surface area contributed by atoms with Crippen LogP contribution in [0, 0.1) is 0 Å². The van der Waals surface area contributed by atoms with Crippen molar-refractivity contribution in [1.82, 2.24) is 10.2 Å². The van der Waals surface area contributed by atoms with Crippen LogP contribution in [0.2, 0.25) is 5.02 Å². The van der Waals surface area contributed by atoms with Crippen LogP contribution in [0.4, 0.5) is 0 Å². The summed E-state index contributed by atoms with van der Waals surface area (Å²) in [5, 5.41) is 3.60. The van der Waals surface area contributed by atoms with Crippen molar-refractivity contribution in [1.29, 1.82) is 0 Å². The Hall–Kier alpha value is -1.10. The SMILES string of the molecule is CCNC(=O)[C@@H]1C[C@@H](N)CN1Cc1ccc(Cl)cc1. The molecule has 2 rings (SSSR count). The molecule has 1 fully saturated rings. The molecule has 0 aliphatic carbocycles. The Bertz CT molecular complexity index is 435. The van der Waals surface area contributed by atoms with Gasteiger partial charge in [-0.25, -0.2) is 0 Å². The van der Waals surface area contributed by atoms with Crippen LogP contribution in [0.3, 0.4) is 0 Å². The van der Waals surface area contributed by atoms with Crippen LogP contribution in [-0.2, 0) is 11.3 Å². The Morgan fingerprint density at radius 1 is 1.47 bits per heavy atom. The Kier molecular flexibility index (Phi) is 4.80. The zero-order valence-corrected chi connectivity index (χ0v) is 11.9. The van der Waals surface area contributed by atoms with Gasteiger partial charge in [0, 0.05) is 30.7 Å². The molecule has 1 aromatic rings. The van der Waals surface area contributed by atoms with E-state index in [1.807, 2.05) is 31.2 Å². The Morgan fingerprint density at radius 2 is 2.16 bits per heavy atom. The lowest BCUT2D eigenvalue weighted by atomic mass is 10.1. The van der Waals surface area contributed by atoms with Crippen molar-refractivity contribution in [2.24, 2.45) is 5.73 Å². The quantitative estimate of drug-likeness (QED) is 0.877. The molecule has 1 heterocycles. The van der Waals surface area contributed by atoms with Crippen molar-refractivity contribution < 1.29 is 4.79 Å². The maximum absolute atomic E-state index is 12.0. The monoisotopic (exact) mass is 281 g/mol. The van der Waals surface area contributed by atoms with Crippen LogP contribution >= 0.6 is 11.6 Å². The standard InChI is InChI=1S/C14H20ClN3O/c1-2-17-14(19)13-7-12(16)9-18(13)8-10-3-5-11(15)6-4-10/h3-6,12-13H,2,7-9,16H2,1H3,(H,17,19)/t12-,13+/m1/s1. The summed E-state index contributed by atoms with van der Waals surface area (Å²) in [6.45, 7) is 4.06. The van der Waals surface area contributed by atoms with Gasteiger partial charge >= 0.3 is 0 Å². The number of benzene rings is 1. The lowest BCUT2D eigenvalue weighted by Gasteiger charge is -2.23. The predicted molar refractivity (Wildman–Crippen MR) is 76.9 cm³/mol. The summed E-state index contributed by atoms with van der Waals surface area (Å²) in [5.41, 5.74) is 7.13. The summed E-state index contributed by atoms with van der Waals surface area (Å²) in [6, 6.07) is 7.66. The lowest BCUT2D eigenvalue weighted by Crippen LogP contribution is -2.42. The van der Waals surface area contributed by atoms with Crippen LogP contribution in [0.15, 0.2) is 24.3 Å². The summed E-state index contributed by atoms with van der Waals surface area (Å²) in [6.07, 6.45) is 0.722. The molecule has 0 unspecified atom stereocenters. The fourth-order valence-electron chi connectivity index (χ4n) is 2.50. The number of rotatable bonds is 4. The van der Waals surface area contributed by atoms with Crippen LogP contribution in [-0.4, -0.2) is 36.0 Å². The average molecular weight is 282 g/mol. The van der Waals surface area contributed by atoms with Gasteiger partial charge in [-0.05, 0) is 31.0 Å². The van der Waals surface area contributed by atoms with E-state index in [0.29, 0.717) is 6.54 Å². The van der Waals surface area contributed by atoms with Gasteiger partial charge in [-0.1, -0.05) is 23.7 Å². The topological polar surface area (TPSA) is 58.4 Å². The van der Waals surface area contributed by atoms with Crippen LogP contribution in [0.25, 0.3) is 0 Å². The predicted octanol–water partition coefficient (Wildman–Crippen LogP) is 1.38. The number of likely N-dealkylation sites (N-methyl/N-ethyl adjacent to an activating group) is 1. The number of amides is 1. The third-order valence-electron chi connectivity index (χ3n) is 3.39. The highest BCUT2D eigenvalue weighted by atomic mass is 35.5. The highest BCUT2D eigenvalue weighted by Crippen LogP contribution is 2.20. The van der Waals surface area contributed by atoms with Gasteiger partial charge in [0.15, 0.2) is 0 Å². The number of nitrogens with two attached hydrogens (primary N) is 1. The minimum Gasteiger partial charge on any atom is -0.355 e. The van der Waals surface area contributed by atoms with E-state index in [0.717, 1.165) is 30.1 Å². The number of halogens is 1. The first-order valence-corrected chi connectivity index (χ1v) is 6.99. The molecule has 2 atom stereocenters. The molecule has 1 aromatic carbocycles. The second-order valence-corrected chi connectivity index (χ2v) is 5.40. The average Bonchev–Trinajstić information content (AvgIpc) is 2.74. The largest absolute Gasteiger partial charge is 0.355 e. The summed E-state index contributed by atoms with van der Waals surface area (Å²) < 4.78 is 0. The molecular weight excluding hydrogens is 262 g/mol. The molecule has 104 valence electrons. The molecule has 19 heavy (non-hydrogen) atoms. The van der Waals surface area contributed by atoms with Gasteiger partial charge in [-0.2, -0.15) is 0 Å². The van der Waals surface area contributed by atoms with Crippen LogP contribution in [0.5, 0.6) is 0 Å². The molecular formula is C14H20ClN3O. The summed E-state index contributed by atoms with van der Waals surface area (Å²) >= 11 is 5.87. The normalized spacial score (nSPS) is 23.5. The number of hydrogen-bond donors (Lipinski definition) is 2. The molecule has 5 heteroatoms. The number of likely N-dealkylation sites (tertiary alicyclic amines) is 1. The van der Waals surface area contributed by atoms with Crippen molar-refractivity contribution in [2.75, 3.05) is 13.1 Å². The van der Waals surface area contributed by atoms with Crippen molar-refractivity contribution in [3.8, 4) is 0 Å². The molecule has 0 spiro atoms. The highest BCUT2D eigenvalue weighted by molar-refractivity contribution is 6.30. The van der Waals surface area contributed by atoms with Gasteiger partial charge in [-0.3, -0.25) is 9.69 Å². The second kappa shape index (κ2) is 6.37. The first-order valence-electron chi connectivity index (χ1n) is 6.62. The molecule has 1 saturated heterocycles. The van der Waals surface area contributed by atoms with Crippen molar-refractivity contribution in [2.45, 2.75) is 32.0 Å². The Morgan fingerprint density at radius 3 is 2.79 bits per heavy atom. The minimum atomic E-state index is -0.120. The van der Waals surface area contributed by atoms with E-state index in [1.165, 1.54) is 0 Å². The lowest BCUT2D eigenvalue weighted by molar-refractivity contribution is -0.125. The smallest absolute Gasteiger partial charge is 0.237 e. The highest BCUT2D eigenvalue weighted by Gasteiger charge is 2.34. The molecule has 1 aliphatic rings. The molecule has 4 nitrogen and oxygen atoms in total. The van der Waals surface area contributed by atoms with Gasteiger partial charge in [-0.15, -0.1) is 0 Å². The number of hydrogen-bond acceptors (Lipinski definition) is 3. The van der Waals surface area contributed by atoms with E-state index in [4.69, 9.17) is 17.3 Å². The van der Waals surface area contributed by atoms with Gasteiger partial charge in [0.1, 0.15) is 0 Å². The van der Waals surface area contributed by atoms with Gasteiger partial charge in [0.2, 0.25) is 5.91 Å². The summed E-state index contributed by atoms with van der Waals surface area (Å²) in [4.78, 5) is 14.2. The fraction of sp³-hybridized carbons (Fsp3) is 0.500. The molecule has 0 saturated carbocycles. The summed E-state index contributed by atoms with van der Waals surface area (Å²) in [7, 11) is 0. The van der Waals surface area contributed by atoms with Crippen molar-refractivity contribution >= 4 is 17.5 Å². The van der Waals surface area contributed by atoms with E-state index < -0.39 is 0 Å². The Balaban J connectivity index is 2.04. The van der Waals surface area contributed by atoms with E-state index in [9.17, 15) is 4.79 Å². The van der Waals surface area contributed by atoms with Gasteiger partial charge in [0.25, 0.3) is 0 Å². The van der Waals surface area contributed by atoms with E-state index >= 15 is 0 Å². The molecule has 1 aliphatic heterocycles. The second-order valence-electron chi connectivity index (χ2n) is 4.96. The molecule has 0 aromatic heterocycles. The zero-order valence-electron chi connectivity index (χ0n) is 11.1. The van der Waals surface area contributed by atoms with Crippen LogP contribution in [0.1, 0.15) is 18.9 Å². The fourth-order valence-corrected chi connectivity index (χ4v) is 2.63. The molecule has 3 N–H and O–H groups in total. The van der Waals surface area contributed by atoms with E-state index in [1.54, 1.807) is 0 Å². The first-order chi connectivity index (χ1) is 9.10. The van der Waals surface area contributed by atoms with E-state index in [2.05, 4.69) is 10.2 Å². The zero-order chi connectivity index (χ0) is 13.8. The number of nitrogens with zero attached hydrogens (tertiary/aromatic N) is 1. The van der Waals surface area contributed by atoms with Gasteiger partial charge < -0.3 is 11.1 Å². The Labute approximate surface area is 118 Å². The van der Waals surface area contributed by atoms with E-state index in [-0.39, 0.29) is 18.0 Å². The number of carbonyl (C=O) groups excluding carboxylic acids is 1. The first kappa shape index (κ1) is 14.3. The number of carbonyl (C=O) groups is 1. The molecule has 0 radical (unpaired) electrons. The van der Waals surface area contributed by atoms with Crippen LogP contribution < -0.4 is 11.1 Å². The van der Waals surface area contributed by atoms with Crippen molar-refractivity contribution in [3.05, 3.63) is 34.9 Å². The maximum atomic E-state index is 12.0. The van der Waals surface area contributed by atoms with Crippen molar-refractivity contribution in [3.63, 3.8) is 0 Å². The number of nitrogens with one attached hydrogen (secondary N) is 1. The molecule has 0 bridgehead atoms.